The molecule has 0 aromatic heterocycles. The second kappa shape index (κ2) is 9.61. The molecule has 3 aliphatic heterocycles. The SMILES string of the molecule is O=C(C1CCCCC1)N1c2ccccc2CCC1CN1CCN(c2cccc3c2OCC3)CC1. The summed E-state index contributed by atoms with van der Waals surface area (Å²) < 4.78 is 5.96. The van der Waals surface area contributed by atoms with Crippen LogP contribution < -0.4 is 14.5 Å². The summed E-state index contributed by atoms with van der Waals surface area (Å²) in [6.07, 6.45) is 8.97. The molecule has 5 nitrogen and oxygen atoms in total. The summed E-state index contributed by atoms with van der Waals surface area (Å²) in [5.74, 6) is 1.69. The summed E-state index contributed by atoms with van der Waals surface area (Å²) in [5.41, 5.74) is 5.11. The minimum Gasteiger partial charge on any atom is -0.491 e. The molecule has 1 unspecified atom stereocenters. The van der Waals surface area contributed by atoms with Gasteiger partial charge in [0.05, 0.1) is 12.3 Å². The third-order valence-corrected chi connectivity index (χ3v) is 8.43. The van der Waals surface area contributed by atoms with Gasteiger partial charge in [0.15, 0.2) is 0 Å². The van der Waals surface area contributed by atoms with E-state index in [4.69, 9.17) is 4.74 Å². The van der Waals surface area contributed by atoms with E-state index in [1.165, 1.54) is 41.8 Å². The predicted molar refractivity (Wildman–Crippen MR) is 137 cm³/mol. The van der Waals surface area contributed by atoms with Gasteiger partial charge in [-0.3, -0.25) is 9.69 Å². The normalized spacial score (nSPS) is 23.4. The second-order valence-electron chi connectivity index (χ2n) is 10.5. The molecule has 180 valence electrons. The fourth-order valence-electron chi connectivity index (χ4n) is 6.54. The quantitative estimate of drug-likeness (QED) is 0.666. The molecule has 2 fully saturated rings. The van der Waals surface area contributed by atoms with Crippen molar-refractivity contribution in [3.8, 4) is 5.75 Å². The Morgan fingerprint density at radius 3 is 2.44 bits per heavy atom. The van der Waals surface area contributed by atoms with Crippen molar-refractivity contribution in [3.05, 3.63) is 53.6 Å². The smallest absolute Gasteiger partial charge is 0.230 e. The minimum absolute atomic E-state index is 0.208. The molecule has 5 heteroatoms. The molecule has 1 aliphatic carbocycles. The summed E-state index contributed by atoms with van der Waals surface area (Å²) in [6, 6.07) is 15.5. The van der Waals surface area contributed by atoms with Crippen molar-refractivity contribution in [2.75, 3.05) is 49.1 Å². The fraction of sp³-hybridized carbons (Fsp3) is 0.552. The first-order chi connectivity index (χ1) is 16.8. The number of aryl methyl sites for hydroxylation is 1. The van der Waals surface area contributed by atoms with Crippen LogP contribution in [-0.4, -0.2) is 56.2 Å². The van der Waals surface area contributed by atoms with Crippen molar-refractivity contribution in [2.45, 2.75) is 57.4 Å². The number of hydrogen-bond donors (Lipinski definition) is 0. The maximum Gasteiger partial charge on any atom is 0.230 e. The third-order valence-electron chi connectivity index (χ3n) is 8.43. The summed E-state index contributed by atoms with van der Waals surface area (Å²) in [6.45, 7) is 5.88. The molecule has 0 spiro atoms. The monoisotopic (exact) mass is 459 g/mol. The van der Waals surface area contributed by atoms with Gasteiger partial charge in [-0.1, -0.05) is 49.6 Å². The lowest BCUT2D eigenvalue weighted by atomic mass is 9.86. The van der Waals surface area contributed by atoms with Crippen LogP contribution in [0.1, 0.15) is 49.7 Å². The molecule has 0 radical (unpaired) electrons. The number of benzene rings is 2. The Kier molecular flexibility index (Phi) is 6.21. The molecule has 3 heterocycles. The molecule has 34 heavy (non-hydrogen) atoms. The number of carbonyl (C=O) groups excluding carboxylic acids is 1. The van der Waals surface area contributed by atoms with Gasteiger partial charge < -0.3 is 14.5 Å². The first kappa shape index (κ1) is 22.0. The Hall–Kier alpha value is -2.53. The van der Waals surface area contributed by atoms with E-state index in [1.54, 1.807) is 0 Å². The summed E-state index contributed by atoms with van der Waals surface area (Å²) >= 11 is 0. The molecule has 1 atom stereocenters. The van der Waals surface area contributed by atoms with Crippen molar-refractivity contribution in [3.63, 3.8) is 0 Å². The maximum atomic E-state index is 13.8. The molecular weight excluding hydrogens is 422 g/mol. The lowest BCUT2D eigenvalue weighted by Crippen LogP contribution is -2.55. The predicted octanol–water partition coefficient (Wildman–Crippen LogP) is 4.67. The molecule has 0 bridgehead atoms. The molecule has 1 amide bonds. The van der Waals surface area contributed by atoms with Crippen LogP contribution in [0.4, 0.5) is 11.4 Å². The number of para-hydroxylation sites is 2. The first-order valence-electron chi connectivity index (χ1n) is 13.4. The summed E-state index contributed by atoms with van der Waals surface area (Å²) in [7, 11) is 0. The highest BCUT2D eigenvalue weighted by molar-refractivity contribution is 5.97. The number of amides is 1. The van der Waals surface area contributed by atoms with Crippen LogP contribution in [0.3, 0.4) is 0 Å². The van der Waals surface area contributed by atoms with E-state index in [0.29, 0.717) is 5.91 Å². The van der Waals surface area contributed by atoms with Gasteiger partial charge in [-0.2, -0.15) is 0 Å². The van der Waals surface area contributed by atoms with E-state index in [-0.39, 0.29) is 12.0 Å². The number of rotatable bonds is 4. The standard InChI is InChI=1S/C29H37N3O2/c33-29(24-8-2-1-3-9-24)32-25(14-13-22-7-4-5-11-26(22)32)21-30-16-18-31(19-17-30)27-12-6-10-23-15-20-34-28(23)27/h4-7,10-12,24-25H,1-3,8-9,13-21H2. The summed E-state index contributed by atoms with van der Waals surface area (Å²) in [5, 5.41) is 0. The highest BCUT2D eigenvalue weighted by atomic mass is 16.5. The first-order valence-corrected chi connectivity index (χ1v) is 13.4. The van der Waals surface area contributed by atoms with Crippen LogP contribution in [-0.2, 0) is 17.6 Å². The largest absolute Gasteiger partial charge is 0.491 e. The van der Waals surface area contributed by atoms with Crippen molar-refractivity contribution < 1.29 is 9.53 Å². The van der Waals surface area contributed by atoms with Crippen molar-refractivity contribution in [1.29, 1.82) is 0 Å². The zero-order valence-electron chi connectivity index (χ0n) is 20.3. The minimum atomic E-state index is 0.208. The van der Waals surface area contributed by atoms with Crippen molar-refractivity contribution in [1.82, 2.24) is 4.90 Å². The molecule has 2 aromatic rings. The van der Waals surface area contributed by atoms with Gasteiger partial charge in [-0.15, -0.1) is 0 Å². The number of carbonyl (C=O) groups is 1. The number of anilines is 2. The molecule has 1 saturated heterocycles. The van der Waals surface area contributed by atoms with Crippen LogP contribution in [0.15, 0.2) is 42.5 Å². The Bertz CT molecular complexity index is 1020. The Morgan fingerprint density at radius 2 is 1.59 bits per heavy atom. The van der Waals surface area contributed by atoms with Gasteiger partial charge in [0.25, 0.3) is 0 Å². The number of ether oxygens (including phenoxy) is 1. The number of piperazine rings is 1. The Morgan fingerprint density at radius 1 is 0.824 bits per heavy atom. The maximum absolute atomic E-state index is 13.8. The van der Waals surface area contributed by atoms with Crippen LogP contribution >= 0.6 is 0 Å². The van der Waals surface area contributed by atoms with Gasteiger partial charge in [0, 0.05) is 56.8 Å². The zero-order chi connectivity index (χ0) is 22.9. The number of hydrogen-bond acceptors (Lipinski definition) is 4. The van der Waals surface area contributed by atoms with E-state index in [9.17, 15) is 4.79 Å². The molecule has 6 rings (SSSR count). The summed E-state index contributed by atoms with van der Waals surface area (Å²) in [4.78, 5) is 21.1. The topological polar surface area (TPSA) is 36.0 Å². The van der Waals surface area contributed by atoms with Crippen LogP contribution in [0.5, 0.6) is 5.75 Å². The second-order valence-corrected chi connectivity index (χ2v) is 10.5. The number of nitrogens with zero attached hydrogens (tertiary/aromatic N) is 3. The van der Waals surface area contributed by atoms with E-state index in [1.807, 2.05) is 0 Å². The van der Waals surface area contributed by atoms with E-state index < -0.39 is 0 Å². The zero-order valence-corrected chi connectivity index (χ0v) is 20.3. The highest BCUT2D eigenvalue weighted by Crippen LogP contribution is 2.37. The van der Waals surface area contributed by atoms with Crippen molar-refractivity contribution in [2.24, 2.45) is 5.92 Å². The molecule has 0 N–H and O–H groups in total. The van der Waals surface area contributed by atoms with E-state index >= 15 is 0 Å². The van der Waals surface area contributed by atoms with Gasteiger partial charge >= 0.3 is 0 Å². The average molecular weight is 460 g/mol. The highest BCUT2D eigenvalue weighted by Gasteiger charge is 2.36. The van der Waals surface area contributed by atoms with Crippen LogP contribution in [0, 0.1) is 5.92 Å². The molecule has 2 aromatic carbocycles. The lowest BCUT2D eigenvalue weighted by molar-refractivity contribution is -0.124. The van der Waals surface area contributed by atoms with Crippen LogP contribution in [0.25, 0.3) is 0 Å². The molecular formula is C29H37N3O2. The fourth-order valence-corrected chi connectivity index (χ4v) is 6.54. The van der Waals surface area contributed by atoms with Gasteiger partial charge in [0.1, 0.15) is 5.75 Å². The van der Waals surface area contributed by atoms with Gasteiger partial charge in [0.2, 0.25) is 5.91 Å². The van der Waals surface area contributed by atoms with Crippen molar-refractivity contribution >= 4 is 17.3 Å². The van der Waals surface area contributed by atoms with Gasteiger partial charge in [-0.05, 0) is 48.9 Å². The number of fused-ring (bicyclic) bond motifs is 2. The van der Waals surface area contributed by atoms with Crippen LogP contribution in [0.2, 0.25) is 0 Å². The Labute approximate surface area is 203 Å². The molecule has 1 saturated carbocycles. The average Bonchev–Trinajstić information content (AvgIpc) is 3.38. The lowest BCUT2D eigenvalue weighted by Gasteiger charge is -2.44. The Balaban J connectivity index is 1.15. The van der Waals surface area contributed by atoms with Gasteiger partial charge in [-0.25, -0.2) is 0 Å². The van der Waals surface area contributed by atoms with E-state index in [2.05, 4.69) is 57.2 Å². The molecule has 4 aliphatic rings. The third kappa shape index (κ3) is 4.19. The van der Waals surface area contributed by atoms with E-state index in [0.717, 1.165) is 77.2 Å².